The maximum atomic E-state index is 12.1. The number of hydrogen-bond donors (Lipinski definition) is 1. The summed E-state index contributed by atoms with van der Waals surface area (Å²) in [5.74, 6) is 0.281. The van der Waals surface area contributed by atoms with Gasteiger partial charge in [0.1, 0.15) is 5.75 Å². The second-order valence-corrected chi connectivity index (χ2v) is 6.99. The minimum Gasteiger partial charge on any atom is -0.482 e. The molecule has 138 valence electrons. The van der Waals surface area contributed by atoms with Gasteiger partial charge in [-0.1, -0.05) is 45.2 Å². The minimum absolute atomic E-state index is 0.206. The molecule has 5 heteroatoms. The Morgan fingerprint density at radius 2 is 1.72 bits per heavy atom. The van der Waals surface area contributed by atoms with Crippen molar-refractivity contribution in [3.63, 3.8) is 0 Å². The maximum Gasteiger partial charge on any atom is 0.344 e. The van der Waals surface area contributed by atoms with Crippen LogP contribution in [-0.2, 0) is 14.3 Å². The van der Waals surface area contributed by atoms with Crippen molar-refractivity contribution < 1.29 is 19.1 Å². The number of carbonyl (C=O) groups excluding carboxylic acids is 2. The molecule has 1 aliphatic rings. The molecule has 1 fully saturated rings. The molecule has 1 aromatic carbocycles. The molecule has 0 unspecified atom stereocenters. The number of rotatable bonds is 7. The number of hydrogen-bond acceptors (Lipinski definition) is 4. The fraction of sp³-hybridized carbons (Fsp3) is 0.600. The summed E-state index contributed by atoms with van der Waals surface area (Å²) in [6, 6.07) is 7.83. The van der Waals surface area contributed by atoms with Gasteiger partial charge in [0.25, 0.3) is 5.91 Å². The number of carbonyl (C=O) groups is 2. The van der Waals surface area contributed by atoms with E-state index in [9.17, 15) is 9.59 Å². The van der Waals surface area contributed by atoms with Crippen LogP contribution in [-0.4, -0.2) is 30.6 Å². The molecule has 0 bridgehead atoms. The number of nitrogens with one attached hydrogen (secondary N) is 1. The second-order valence-electron chi connectivity index (χ2n) is 6.99. The van der Waals surface area contributed by atoms with Crippen molar-refractivity contribution in [2.45, 2.75) is 70.9 Å². The molecule has 2 rings (SSSR count). The molecule has 1 N–H and O–H groups in total. The fourth-order valence-corrected chi connectivity index (χ4v) is 2.94. The Bertz CT molecular complexity index is 562. The number of amides is 1. The lowest BCUT2D eigenvalue weighted by Gasteiger charge is -2.24. The van der Waals surface area contributed by atoms with E-state index in [1.165, 1.54) is 12.0 Å². The summed E-state index contributed by atoms with van der Waals surface area (Å²) in [5, 5.41) is 2.96. The van der Waals surface area contributed by atoms with Gasteiger partial charge < -0.3 is 14.8 Å². The third-order valence-electron chi connectivity index (χ3n) is 4.53. The van der Waals surface area contributed by atoms with Crippen molar-refractivity contribution in [3.8, 4) is 5.75 Å². The molecular formula is C20H29NO4. The van der Waals surface area contributed by atoms with E-state index in [0.717, 1.165) is 25.7 Å². The van der Waals surface area contributed by atoms with Crippen LogP contribution < -0.4 is 10.1 Å². The Hall–Kier alpha value is -2.04. The van der Waals surface area contributed by atoms with Gasteiger partial charge >= 0.3 is 5.97 Å². The number of esters is 1. The summed E-state index contributed by atoms with van der Waals surface area (Å²) in [5.41, 5.74) is 1.21. The van der Waals surface area contributed by atoms with E-state index in [-0.39, 0.29) is 18.6 Å². The van der Waals surface area contributed by atoms with E-state index in [1.54, 1.807) is 6.92 Å². The molecule has 1 aromatic rings. The zero-order chi connectivity index (χ0) is 18.2. The monoisotopic (exact) mass is 347 g/mol. The highest BCUT2D eigenvalue weighted by Crippen LogP contribution is 2.19. The molecule has 0 radical (unpaired) electrons. The first-order valence-electron chi connectivity index (χ1n) is 9.18. The molecule has 1 saturated carbocycles. The summed E-state index contributed by atoms with van der Waals surface area (Å²) >= 11 is 0. The summed E-state index contributed by atoms with van der Waals surface area (Å²) in [6.07, 6.45) is 4.71. The Balaban J connectivity index is 1.72. The maximum absolute atomic E-state index is 12.1. The molecule has 1 aliphatic carbocycles. The van der Waals surface area contributed by atoms with E-state index < -0.39 is 12.1 Å². The molecule has 1 atom stereocenters. The van der Waals surface area contributed by atoms with Gasteiger partial charge in [0.2, 0.25) is 0 Å². The van der Waals surface area contributed by atoms with E-state index in [4.69, 9.17) is 9.47 Å². The average Bonchev–Trinajstić information content (AvgIpc) is 2.61. The Labute approximate surface area is 150 Å². The molecule has 0 spiro atoms. The first kappa shape index (κ1) is 19.3. The third kappa shape index (κ3) is 6.40. The number of ether oxygens (including phenoxy) is 2. The van der Waals surface area contributed by atoms with Gasteiger partial charge in [-0.2, -0.15) is 0 Å². The van der Waals surface area contributed by atoms with Crippen LogP contribution >= 0.6 is 0 Å². The highest BCUT2D eigenvalue weighted by molar-refractivity contribution is 5.83. The normalized spacial score (nSPS) is 16.3. The highest BCUT2D eigenvalue weighted by atomic mass is 16.6. The molecule has 0 aromatic heterocycles. The largest absolute Gasteiger partial charge is 0.482 e. The number of benzene rings is 1. The average molecular weight is 347 g/mol. The van der Waals surface area contributed by atoms with Crippen LogP contribution in [0.5, 0.6) is 5.75 Å². The van der Waals surface area contributed by atoms with Crippen molar-refractivity contribution >= 4 is 11.9 Å². The predicted octanol–water partition coefficient (Wildman–Crippen LogP) is 3.57. The van der Waals surface area contributed by atoms with Crippen LogP contribution in [0.3, 0.4) is 0 Å². The van der Waals surface area contributed by atoms with Crippen LogP contribution in [0.25, 0.3) is 0 Å². The Morgan fingerprint density at radius 3 is 2.32 bits per heavy atom. The second kappa shape index (κ2) is 9.44. The topological polar surface area (TPSA) is 64.6 Å². The van der Waals surface area contributed by atoms with E-state index in [1.807, 2.05) is 24.3 Å². The van der Waals surface area contributed by atoms with Crippen molar-refractivity contribution in [2.24, 2.45) is 0 Å². The van der Waals surface area contributed by atoms with Gasteiger partial charge in [0, 0.05) is 6.04 Å². The first-order valence-corrected chi connectivity index (χ1v) is 9.18. The molecule has 25 heavy (non-hydrogen) atoms. The Kier molecular flexibility index (Phi) is 7.29. The molecule has 0 aliphatic heterocycles. The van der Waals surface area contributed by atoms with Crippen LogP contribution in [0.2, 0.25) is 0 Å². The van der Waals surface area contributed by atoms with Crippen LogP contribution in [0.15, 0.2) is 24.3 Å². The highest BCUT2D eigenvalue weighted by Gasteiger charge is 2.22. The quantitative estimate of drug-likeness (QED) is 0.766. The summed E-state index contributed by atoms with van der Waals surface area (Å²) < 4.78 is 10.6. The lowest BCUT2D eigenvalue weighted by Crippen LogP contribution is -2.43. The van der Waals surface area contributed by atoms with Gasteiger partial charge in [-0.15, -0.1) is 0 Å². The van der Waals surface area contributed by atoms with Crippen LogP contribution in [0.4, 0.5) is 0 Å². The van der Waals surface area contributed by atoms with Crippen molar-refractivity contribution in [1.82, 2.24) is 5.32 Å². The van der Waals surface area contributed by atoms with Crippen molar-refractivity contribution in [3.05, 3.63) is 29.8 Å². The molecular weight excluding hydrogens is 318 g/mol. The third-order valence-corrected chi connectivity index (χ3v) is 4.53. The molecule has 0 saturated heterocycles. The smallest absolute Gasteiger partial charge is 0.344 e. The zero-order valence-electron chi connectivity index (χ0n) is 15.4. The lowest BCUT2D eigenvalue weighted by molar-refractivity contribution is -0.156. The SMILES string of the molecule is CC(C)c1ccc(OCC(=O)O[C@H](C)C(=O)NC2CCCCC2)cc1. The standard InChI is InChI=1S/C20H29NO4/c1-14(2)16-9-11-18(12-10-16)24-13-19(22)25-15(3)20(23)21-17-7-5-4-6-8-17/h9-12,14-15,17H,4-8,13H2,1-3H3,(H,21,23)/t15-/m1/s1. The van der Waals surface area contributed by atoms with Crippen molar-refractivity contribution in [1.29, 1.82) is 0 Å². The van der Waals surface area contributed by atoms with Gasteiger partial charge in [0.15, 0.2) is 12.7 Å². The van der Waals surface area contributed by atoms with E-state index in [2.05, 4.69) is 19.2 Å². The molecule has 1 amide bonds. The summed E-state index contributed by atoms with van der Waals surface area (Å²) in [4.78, 5) is 24.0. The van der Waals surface area contributed by atoms with Crippen LogP contribution in [0.1, 0.15) is 64.4 Å². The summed E-state index contributed by atoms with van der Waals surface area (Å²) in [6.45, 7) is 5.62. The van der Waals surface area contributed by atoms with E-state index >= 15 is 0 Å². The predicted molar refractivity (Wildman–Crippen MR) is 96.6 cm³/mol. The van der Waals surface area contributed by atoms with Gasteiger partial charge in [-0.05, 0) is 43.4 Å². The molecule has 5 nitrogen and oxygen atoms in total. The van der Waals surface area contributed by atoms with Gasteiger partial charge in [-0.25, -0.2) is 4.79 Å². The zero-order valence-corrected chi connectivity index (χ0v) is 15.4. The summed E-state index contributed by atoms with van der Waals surface area (Å²) in [7, 11) is 0. The van der Waals surface area contributed by atoms with Crippen molar-refractivity contribution in [2.75, 3.05) is 6.61 Å². The van der Waals surface area contributed by atoms with Crippen LogP contribution in [0, 0.1) is 0 Å². The minimum atomic E-state index is -0.804. The van der Waals surface area contributed by atoms with Gasteiger partial charge in [-0.3, -0.25) is 4.79 Å². The fourth-order valence-electron chi connectivity index (χ4n) is 2.94. The first-order chi connectivity index (χ1) is 12.0. The van der Waals surface area contributed by atoms with Gasteiger partial charge in [0.05, 0.1) is 0 Å². The Morgan fingerprint density at radius 1 is 1.08 bits per heavy atom. The molecule has 0 heterocycles. The lowest BCUT2D eigenvalue weighted by atomic mass is 9.95. The van der Waals surface area contributed by atoms with E-state index in [0.29, 0.717) is 11.7 Å².